The number of ether oxygens (including phenoxy) is 1. The molecule has 1 atom stereocenters. The van der Waals surface area contributed by atoms with Gasteiger partial charge in [0.05, 0.1) is 13.7 Å². The van der Waals surface area contributed by atoms with Crippen LogP contribution in [0.25, 0.3) is 0 Å². The maximum atomic E-state index is 10.7. The zero-order chi connectivity index (χ0) is 8.32. The smallest absolute Gasteiger partial charge is 0.314 e. The molecule has 0 aromatic rings. The molecule has 1 fully saturated rings. The summed E-state index contributed by atoms with van der Waals surface area (Å²) in [4.78, 5) is 20.3. The average Bonchev–Trinajstić information content (AvgIpc) is 2.36. The van der Waals surface area contributed by atoms with Gasteiger partial charge >= 0.3 is 5.97 Å². The Morgan fingerprint density at radius 2 is 2.55 bits per heavy atom. The highest BCUT2D eigenvalue weighted by Gasteiger charge is 2.33. The van der Waals surface area contributed by atoms with Gasteiger partial charge in [0.15, 0.2) is 0 Å². The Kier molecular flexibility index (Phi) is 2.82. The predicted molar refractivity (Wildman–Crippen MR) is 41.5 cm³/mol. The first-order chi connectivity index (χ1) is 5.16. The standard InChI is InChI=1S/C6H12O4P/c1-9-6(7)5-11(8)4-2-3-10-11/h8H,2-5H2,1H3. The first-order valence-electron chi connectivity index (χ1n) is 3.47. The van der Waals surface area contributed by atoms with Gasteiger partial charge in [0, 0.05) is 6.16 Å². The predicted octanol–water partition coefficient (Wildman–Crippen LogP) is 0.420. The molecule has 1 N–H and O–H groups in total. The zero-order valence-electron chi connectivity index (χ0n) is 6.45. The highest BCUT2D eigenvalue weighted by molar-refractivity contribution is 7.66. The summed E-state index contributed by atoms with van der Waals surface area (Å²) in [6.45, 7) is 0.571. The van der Waals surface area contributed by atoms with Gasteiger partial charge < -0.3 is 14.2 Å². The van der Waals surface area contributed by atoms with Gasteiger partial charge in [-0.25, -0.2) is 0 Å². The summed E-state index contributed by atoms with van der Waals surface area (Å²) in [6, 6.07) is 0. The maximum absolute atomic E-state index is 10.7. The molecule has 1 heterocycles. The first-order valence-corrected chi connectivity index (χ1v) is 5.50. The van der Waals surface area contributed by atoms with Gasteiger partial charge in [-0.3, -0.25) is 4.79 Å². The molecular weight excluding hydrogens is 167 g/mol. The van der Waals surface area contributed by atoms with E-state index >= 15 is 0 Å². The van der Waals surface area contributed by atoms with E-state index in [0.717, 1.165) is 6.42 Å². The SMILES string of the molecule is COC(=O)C[P]1(O)CCCO1. The lowest BCUT2D eigenvalue weighted by Crippen LogP contribution is -2.11. The largest absolute Gasteiger partial charge is 0.469 e. The Morgan fingerprint density at radius 3 is 3.00 bits per heavy atom. The fourth-order valence-corrected chi connectivity index (χ4v) is 3.00. The van der Waals surface area contributed by atoms with E-state index < -0.39 is 7.72 Å². The van der Waals surface area contributed by atoms with Crippen molar-refractivity contribution in [1.82, 2.24) is 0 Å². The number of carbonyl (C=O) groups excluding carboxylic acids is 1. The minimum atomic E-state index is -2.37. The number of hydrogen-bond acceptors (Lipinski definition) is 4. The molecule has 11 heavy (non-hydrogen) atoms. The molecule has 1 rings (SSSR count). The van der Waals surface area contributed by atoms with Crippen LogP contribution in [-0.4, -0.2) is 36.9 Å². The van der Waals surface area contributed by atoms with E-state index in [-0.39, 0.29) is 12.1 Å². The zero-order valence-corrected chi connectivity index (χ0v) is 7.34. The summed E-state index contributed by atoms with van der Waals surface area (Å²) in [5.74, 6) is -0.386. The molecule has 1 aliphatic heterocycles. The van der Waals surface area contributed by atoms with Crippen LogP contribution in [-0.2, 0) is 14.1 Å². The topological polar surface area (TPSA) is 55.8 Å². The Morgan fingerprint density at radius 1 is 1.82 bits per heavy atom. The fourth-order valence-electron chi connectivity index (χ4n) is 1.00. The third-order valence-corrected chi connectivity index (χ3v) is 4.02. The van der Waals surface area contributed by atoms with Crippen molar-refractivity contribution in [2.24, 2.45) is 0 Å². The summed E-state index contributed by atoms with van der Waals surface area (Å²) in [7, 11) is -1.06. The molecular formula is C6H12O4P. The fraction of sp³-hybridized carbons (Fsp3) is 0.833. The summed E-state index contributed by atoms with van der Waals surface area (Å²) >= 11 is 0. The van der Waals surface area contributed by atoms with E-state index in [1.54, 1.807) is 0 Å². The third kappa shape index (κ3) is 2.40. The Hall–Kier alpha value is -0.180. The second-order valence-electron chi connectivity index (χ2n) is 2.49. The molecule has 1 aliphatic rings. The van der Waals surface area contributed by atoms with Crippen molar-refractivity contribution in [2.75, 3.05) is 26.0 Å². The molecule has 65 valence electrons. The summed E-state index contributed by atoms with van der Waals surface area (Å²) in [5.41, 5.74) is 0. The number of hydrogen-bond donors (Lipinski definition) is 1. The second kappa shape index (κ2) is 3.48. The Balaban J connectivity index is 2.39. The molecule has 0 bridgehead atoms. The number of esters is 1. The van der Waals surface area contributed by atoms with E-state index in [0.29, 0.717) is 12.8 Å². The van der Waals surface area contributed by atoms with E-state index in [9.17, 15) is 9.69 Å². The van der Waals surface area contributed by atoms with Crippen LogP contribution < -0.4 is 0 Å². The lowest BCUT2D eigenvalue weighted by Gasteiger charge is -2.21. The van der Waals surface area contributed by atoms with Crippen molar-refractivity contribution in [3.8, 4) is 0 Å². The highest BCUT2D eigenvalue weighted by Crippen LogP contribution is 2.59. The summed E-state index contributed by atoms with van der Waals surface area (Å²) < 4.78 is 9.50. The molecule has 4 nitrogen and oxygen atoms in total. The number of rotatable bonds is 2. The maximum Gasteiger partial charge on any atom is 0.314 e. The van der Waals surface area contributed by atoms with Gasteiger partial charge in [-0.2, -0.15) is 0 Å². The van der Waals surface area contributed by atoms with E-state index in [1.807, 2.05) is 0 Å². The monoisotopic (exact) mass is 179 g/mol. The van der Waals surface area contributed by atoms with E-state index in [1.165, 1.54) is 7.11 Å². The van der Waals surface area contributed by atoms with Crippen molar-refractivity contribution >= 4 is 13.7 Å². The molecule has 5 heteroatoms. The Labute approximate surface area is 66.0 Å². The van der Waals surface area contributed by atoms with E-state index in [2.05, 4.69) is 4.74 Å². The molecule has 0 aliphatic carbocycles. The van der Waals surface area contributed by atoms with Crippen LogP contribution in [0.3, 0.4) is 0 Å². The van der Waals surface area contributed by atoms with Crippen LogP contribution in [0, 0.1) is 0 Å². The molecule has 0 spiro atoms. The van der Waals surface area contributed by atoms with Crippen LogP contribution in [0.2, 0.25) is 0 Å². The third-order valence-electron chi connectivity index (χ3n) is 1.59. The lowest BCUT2D eigenvalue weighted by atomic mass is 10.5. The molecule has 0 aromatic carbocycles. The summed E-state index contributed by atoms with van der Waals surface area (Å²) in [6.07, 6.45) is 1.52. The highest BCUT2D eigenvalue weighted by atomic mass is 31.2. The van der Waals surface area contributed by atoms with Gasteiger partial charge in [0.2, 0.25) is 0 Å². The average molecular weight is 179 g/mol. The van der Waals surface area contributed by atoms with Crippen LogP contribution in [0.15, 0.2) is 0 Å². The number of carbonyl (C=O) groups is 1. The molecule has 1 radical (unpaired) electrons. The molecule has 1 unspecified atom stereocenters. The van der Waals surface area contributed by atoms with Crippen LogP contribution >= 0.6 is 7.72 Å². The van der Waals surface area contributed by atoms with Gasteiger partial charge in [-0.1, -0.05) is 0 Å². The minimum Gasteiger partial charge on any atom is -0.469 e. The molecule has 0 saturated carbocycles. The van der Waals surface area contributed by atoms with Crippen molar-refractivity contribution in [3.05, 3.63) is 0 Å². The minimum absolute atomic E-state index is 0.0451. The number of methoxy groups -OCH3 is 1. The second-order valence-corrected chi connectivity index (χ2v) is 5.21. The first kappa shape index (κ1) is 8.91. The van der Waals surface area contributed by atoms with Gasteiger partial charge in [-0.15, -0.1) is 0 Å². The van der Waals surface area contributed by atoms with Crippen LogP contribution in [0.4, 0.5) is 0 Å². The van der Waals surface area contributed by atoms with E-state index in [4.69, 9.17) is 4.52 Å². The van der Waals surface area contributed by atoms with Crippen molar-refractivity contribution in [3.63, 3.8) is 0 Å². The Bertz CT molecular complexity index is 153. The van der Waals surface area contributed by atoms with Gasteiger partial charge in [-0.05, 0) is 6.42 Å². The van der Waals surface area contributed by atoms with Crippen molar-refractivity contribution in [2.45, 2.75) is 6.42 Å². The van der Waals surface area contributed by atoms with Crippen LogP contribution in [0.5, 0.6) is 0 Å². The quantitative estimate of drug-likeness (QED) is 0.493. The van der Waals surface area contributed by atoms with Crippen molar-refractivity contribution in [1.29, 1.82) is 0 Å². The van der Waals surface area contributed by atoms with Crippen molar-refractivity contribution < 1.29 is 18.9 Å². The van der Waals surface area contributed by atoms with Crippen LogP contribution in [0.1, 0.15) is 6.42 Å². The molecule has 1 saturated heterocycles. The molecule has 0 amide bonds. The molecule has 0 aromatic heterocycles. The normalized spacial score (nSPS) is 30.4. The van der Waals surface area contributed by atoms with Gasteiger partial charge in [0.1, 0.15) is 13.9 Å². The van der Waals surface area contributed by atoms with Gasteiger partial charge in [0.25, 0.3) is 0 Å². The summed E-state index contributed by atoms with van der Waals surface area (Å²) in [5, 5.41) is 0. The lowest BCUT2D eigenvalue weighted by molar-refractivity contribution is -0.137.